The second kappa shape index (κ2) is 8.43. The molecule has 144 valence electrons. The quantitative estimate of drug-likeness (QED) is 0.723. The van der Waals surface area contributed by atoms with Crippen molar-refractivity contribution in [1.82, 2.24) is 4.90 Å². The number of amides is 1. The molecule has 1 aliphatic rings. The molecule has 1 aliphatic heterocycles. The molecule has 0 bridgehead atoms. The lowest BCUT2D eigenvalue weighted by Gasteiger charge is -2.26. The van der Waals surface area contributed by atoms with Crippen molar-refractivity contribution in [3.05, 3.63) is 47.5 Å². The maximum atomic E-state index is 12.6. The summed E-state index contributed by atoms with van der Waals surface area (Å²) in [5.41, 5.74) is 1.83. The topological polar surface area (TPSA) is 57.2 Å². The van der Waals surface area contributed by atoms with E-state index in [4.69, 9.17) is 18.9 Å². The highest BCUT2D eigenvalue weighted by Crippen LogP contribution is 2.45. The molecule has 0 aromatic heterocycles. The number of carbonyl (C=O) groups excluding carboxylic acids is 1. The second-order valence-electron chi connectivity index (χ2n) is 5.97. The Hall–Kier alpha value is -2.54. The summed E-state index contributed by atoms with van der Waals surface area (Å²) in [7, 11) is 6.48. The van der Waals surface area contributed by atoms with Gasteiger partial charge in [-0.25, -0.2) is 0 Å². The van der Waals surface area contributed by atoms with Crippen molar-refractivity contribution in [3.63, 3.8) is 0 Å². The largest absolute Gasteiger partial charge is 0.497 e. The van der Waals surface area contributed by atoms with Crippen molar-refractivity contribution in [2.75, 3.05) is 34.2 Å². The third-order valence-corrected chi connectivity index (χ3v) is 5.74. The molecule has 1 saturated heterocycles. The Labute approximate surface area is 163 Å². The molecule has 27 heavy (non-hydrogen) atoms. The zero-order valence-corrected chi connectivity index (χ0v) is 16.7. The minimum atomic E-state index is -0.158. The number of nitrogens with zero attached hydrogens (tertiary/aromatic N) is 1. The van der Waals surface area contributed by atoms with Gasteiger partial charge in [-0.1, -0.05) is 0 Å². The number of thioether (sulfide) groups is 1. The number of benzene rings is 2. The summed E-state index contributed by atoms with van der Waals surface area (Å²) in [6.45, 7) is 0.435. The molecule has 6 nitrogen and oxygen atoms in total. The predicted molar refractivity (Wildman–Crippen MR) is 105 cm³/mol. The van der Waals surface area contributed by atoms with E-state index in [0.29, 0.717) is 23.8 Å². The van der Waals surface area contributed by atoms with Gasteiger partial charge < -0.3 is 23.8 Å². The summed E-state index contributed by atoms with van der Waals surface area (Å²) in [5.74, 6) is 3.36. The van der Waals surface area contributed by atoms with Crippen molar-refractivity contribution in [2.24, 2.45) is 0 Å². The SMILES string of the molecule is COc1ccc(CN2C(=O)CSC2c2cc(OC)ccc2OC)c(OC)c1. The van der Waals surface area contributed by atoms with Gasteiger partial charge in [0.15, 0.2) is 0 Å². The van der Waals surface area contributed by atoms with Crippen LogP contribution in [0.15, 0.2) is 36.4 Å². The van der Waals surface area contributed by atoms with Gasteiger partial charge in [-0.05, 0) is 30.3 Å². The van der Waals surface area contributed by atoms with Crippen molar-refractivity contribution >= 4 is 17.7 Å². The van der Waals surface area contributed by atoms with Crippen molar-refractivity contribution in [3.8, 4) is 23.0 Å². The first-order chi connectivity index (χ1) is 13.1. The summed E-state index contributed by atoms with van der Waals surface area (Å²) in [6.07, 6.45) is 0. The molecule has 1 unspecified atom stereocenters. The van der Waals surface area contributed by atoms with E-state index in [0.717, 1.165) is 22.6 Å². The summed E-state index contributed by atoms with van der Waals surface area (Å²) in [6, 6.07) is 11.3. The van der Waals surface area contributed by atoms with Crippen LogP contribution >= 0.6 is 11.8 Å². The standard InChI is InChI=1S/C20H23NO5S/c1-23-14-7-8-17(25-3)16(9-14)20-21(19(22)12-27-20)11-13-5-6-15(24-2)10-18(13)26-4/h5-10,20H,11-12H2,1-4H3. The van der Waals surface area contributed by atoms with Gasteiger partial charge in [-0.15, -0.1) is 11.8 Å². The number of methoxy groups -OCH3 is 4. The Morgan fingerprint density at radius 1 is 0.926 bits per heavy atom. The molecular weight excluding hydrogens is 366 g/mol. The normalized spacial score (nSPS) is 16.4. The van der Waals surface area contributed by atoms with Gasteiger partial charge in [-0.2, -0.15) is 0 Å². The van der Waals surface area contributed by atoms with Gasteiger partial charge in [0.2, 0.25) is 5.91 Å². The number of hydrogen-bond acceptors (Lipinski definition) is 6. The molecular formula is C20H23NO5S. The highest BCUT2D eigenvalue weighted by molar-refractivity contribution is 8.00. The molecule has 0 saturated carbocycles. The molecule has 3 rings (SSSR count). The monoisotopic (exact) mass is 389 g/mol. The van der Waals surface area contributed by atoms with Crippen LogP contribution in [0, 0.1) is 0 Å². The van der Waals surface area contributed by atoms with E-state index in [1.54, 1.807) is 40.2 Å². The van der Waals surface area contributed by atoms with Gasteiger partial charge in [0.1, 0.15) is 28.4 Å². The molecule has 0 aliphatic carbocycles. The van der Waals surface area contributed by atoms with Gasteiger partial charge in [-0.3, -0.25) is 4.79 Å². The summed E-state index contributed by atoms with van der Waals surface area (Å²) in [4.78, 5) is 14.4. The summed E-state index contributed by atoms with van der Waals surface area (Å²) < 4.78 is 21.6. The van der Waals surface area contributed by atoms with Gasteiger partial charge in [0, 0.05) is 17.2 Å². The highest BCUT2D eigenvalue weighted by Gasteiger charge is 2.35. The van der Waals surface area contributed by atoms with Crippen molar-refractivity contribution in [2.45, 2.75) is 11.9 Å². The second-order valence-corrected chi connectivity index (χ2v) is 7.04. The van der Waals surface area contributed by atoms with Crippen molar-refractivity contribution < 1.29 is 23.7 Å². The van der Waals surface area contributed by atoms with Crippen LogP contribution in [0.3, 0.4) is 0 Å². The van der Waals surface area contributed by atoms with Crippen LogP contribution in [0.5, 0.6) is 23.0 Å². The Morgan fingerprint density at radius 2 is 1.59 bits per heavy atom. The van der Waals surface area contributed by atoms with E-state index in [2.05, 4.69) is 0 Å². The van der Waals surface area contributed by atoms with Crippen LogP contribution in [0.4, 0.5) is 0 Å². The Balaban J connectivity index is 1.94. The number of ether oxygens (including phenoxy) is 4. The zero-order chi connectivity index (χ0) is 19.4. The minimum Gasteiger partial charge on any atom is -0.497 e. The lowest BCUT2D eigenvalue weighted by atomic mass is 10.1. The maximum absolute atomic E-state index is 12.6. The van der Waals surface area contributed by atoms with Crippen molar-refractivity contribution in [1.29, 1.82) is 0 Å². The van der Waals surface area contributed by atoms with Crippen LogP contribution < -0.4 is 18.9 Å². The highest BCUT2D eigenvalue weighted by atomic mass is 32.2. The molecule has 1 atom stereocenters. The molecule has 2 aromatic rings. The summed E-state index contributed by atoms with van der Waals surface area (Å²) >= 11 is 1.58. The van der Waals surface area contributed by atoms with E-state index >= 15 is 0 Å². The fourth-order valence-electron chi connectivity index (χ4n) is 3.08. The average molecular weight is 389 g/mol. The van der Waals surface area contributed by atoms with Crippen LogP contribution in [0.2, 0.25) is 0 Å². The third-order valence-electron chi connectivity index (χ3n) is 4.51. The van der Waals surface area contributed by atoms with Gasteiger partial charge in [0.05, 0.1) is 40.7 Å². The lowest BCUT2D eigenvalue weighted by molar-refractivity contribution is -0.128. The van der Waals surface area contributed by atoms with E-state index in [-0.39, 0.29) is 11.3 Å². The zero-order valence-electron chi connectivity index (χ0n) is 15.9. The van der Waals surface area contributed by atoms with Gasteiger partial charge >= 0.3 is 0 Å². The van der Waals surface area contributed by atoms with Crippen LogP contribution in [-0.2, 0) is 11.3 Å². The van der Waals surface area contributed by atoms with Crippen LogP contribution in [-0.4, -0.2) is 45.0 Å². The smallest absolute Gasteiger partial charge is 0.234 e. The van der Waals surface area contributed by atoms with E-state index in [1.165, 1.54) is 0 Å². The molecule has 1 heterocycles. The Kier molecular flexibility index (Phi) is 6.01. The van der Waals surface area contributed by atoms with Gasteiger partial charge in [0.25, 0.3) is 0 Å². The molecule has 7 heteroatoms. The fraction of sp³-hybridized carbons (Fsp3) is 0.350. The summed E-state index contributed by atoms with van der Waals surface area (Å²) in [5, 5.41) is -0.158. The molecule has 1 amide bonds. The first kappa shape index (κ1) is 19.2. The van der Waals surface area contributed by atoms with Crippen LogP contribution in [0.1, 0.15) is 16.5 Å². The lowest BCUT2D eigenvalue weighted by Crippen LogP contribution is -2.28. The maximum Gasteiger partial charge on any atom is 0.234 e. The third kappa shape index (κ3) is 3.93. The fourth-order valence-corrected chi connectivity index (χ4v) is 4.28. The Morgan fingerprint density at radius 3 is 2.26 bits per heavy atom. The van der Waals surface area contributed by atoms with E-state index < -0.39 is 0 Å². The van der Waals surface area contributed by atoms with E-state index in [1.807, 2.05) is 41.3 Å². The molecule has 0 radical (unpaired) electrons. The van der Waals surface area contributed by atoms with E-state index in [9.17, 15) is 4.79 Å². The number of rotatable bonds is 7. The predicted octanol–water partition coefficient (Wildman–Crippen LogP) is 3.50. The molecule has 0 N–H and O–H groups in total. The average Bonchev–Trinajstić information content (AvgIpc) is 3.07. The number of hydrogen-bond donors (Lipinski definition) is 0. The molecule has 0 spiro atoms. The molecule has 2 aromatic carbocycles. The first-order valence-electron chi connectivity index (χ1n) is 8.45. The Bertz CT molecular complexity index is 826. The van der Waals surface area contributed by atoms with Crippen LogP contribution in [0.25, 0.3) is 0 Å². The minimum absolute atomic E-state index is 0.0766. The molecule has 1 fully saturated rings. The number of carbonyl (C=O) groups is 1. The first-order valence-corrected chi connectivity index (χ1v) is 9.50.